The lowest BCUT2D eigenvalue weighted by Crippen LogP contribution is -2.24. The summed E-state index contributed by atoms with van der Waals surface area (Å²) in [4.78, 5) is 10.7. The van der Waals surface area contributed by atoms with E-state index in [0.717, 1.165) is 49.1 Å². The van der Waals surface area contributed by atoms with Gasteiger partial charge in [0.2, 0.25) is 5.89 Å². The lowest BCUT2D eigenvalue weighted by atomic mass is 10.3. The first-order chi connectivity index (χ1) is 9.70. The summed E-state index contributed by atoms with van der Waals surface area (Å²) >= 11 is 0. The molecular weight excluding hydrogens is 254 g/mol. The van der Waals surface area contributed by atoms with Gasteiger partial charge in [-0.1, -0.05) is 0 Å². The number of hydrogen-bond donors (Lipinski definition) is 0. The number of aromatic nitrogens is 2. The summed E-state index contributed by atoms with van der Waals surface area (Å²) in [6.45, 7) is 6.59. The maximum Gasteiger partial charge on any atom is 0.208 e. The van der Waals surface area contributed by atoms with E-state index in [-0.39, 0.29) is 6.10 Å². The van der Waals surface area contributed by atoms with Gasteiger partial charge in [-0.2, -0.15) is 0 Å². The van der Waals surface area contributed by atoms with Crippen molar-refractivity contribution in [2.45, 2.75) is 32.9 Å². The fraction of sp³-hybridized carbons (Fsp3) is 0.467. The number of rotatable bonds is 4. The SMILES string of the molecule is Cc1nc(CN2CCC(Oc3ccncc3)C2)oc1C. The lowest BCUT2D eigenvalue weighted by Gasteiger charge is -2.15. The Kier molecular flexibility index (Phi) is 3.69. The first kappa shape index (κ1) is 13.1. The van der Waals surface area contributed by atoms with Crippen LogP contribution in [0.2, 0.25) is 0 Å². The van der Waals surface area contributed by atoms with E-state index in [1.807, 2.05) is 26.0 Å². The molecule has 0 aliphatic carbocycles. The third kappa shape index (κ3) is 2.99. The number of aryl methyl sites for hydroxylation is 2. The van der Waals surface area contributed by atoms with Gasteiger partial charge in [-0.3, -0.25) is 9.88 Å². The van der Waals surface area contributed by atoms with Crippen molar-refractivity contribution in [2.24, 2.45) is 0 Å². The Labute approximate surface area is 118 Å². The van der Waals surface area contributed by atoms with Gasteiger partial charge in [0, 0.05) is 25.5 Å². The number of oxazole rings is 1. The zero-order chi connectivity index (χ0) is 13.9. The summed E-state index contributed by atoms with van der Waals surface area (Å²) in [5.74, 6) is 2.59. The van der Waals surface area contributed by atoms with Gasteiger partial charge in [0.15, 0.2) is 0 Å². The second-order valence-electron chi connectivity index (χ2n) is 5.20. The molecule has 0 saturated carbocycles. The fourth-order valence-corrected chi connectivity index (χ4v) is 2.44. The number of nitrogens with zero attached hydrogens (tertiary/aromatic N) is 3. The predicted octanol–water partition coefficient (Wildman–Crippen LogP) is 2.34. The molecule has 106 valence electrons. The lowest BCUT2D eigenvalue weighted by molar-refractivity contribution is 0.193. The summed E-state index contributed by atoms with van der Waals surface area (Å²) in [7, 11) is 0. The van der Waals surface area contributed by atoms with E-state index in [9.17, 15) is 0 Å². The molecule has 1 aliphatic rings. The van der Waals surface area contributed by atoms with Crippen molar-refractivity contribution in [1.29, 1.82) is 0 Å². The van der Waals surface area contributed by atoms with E-state index in [1.165, 1.54) is 0 Å². The highest BCUT2D eigenvalue weighted by Gasteiger charge is 2.25. The van der Waals surface area contributed by atoms with Crippen LogP contribution < -0.4 is 4.74 Å². The molecule has 1 atom stereocenters. The molecule has 3 rings (SSSR count). The Balaban J connectivity index is 1.54. The van der Waals surface area contributed by atoms with Crippen LogP contribution in [0, 0.1) is 13.8 Å². The zero-order valence-corrected chi connectivity index (χ0v) is 11.9. The molecule has 2 aromatic heterocycles. The third-order valence-electron chi connectivity index (χ3n) is 3.61. The van der Waals surface area contributed by atoms with Crippen LogP contribution in [-0.2, 0) is 6.54 Å². The van der Waals surface area contributed by atoms with Gasteiger partial charge in [0.1, 0.15) is 17.6 Å². The number of pyridine rings is 1. The second kappa shape index (κ2) is 5.63. The minimum atomic E-state index is 0.231. The summed E-state index contributed by atoms with van der Waals surface area (Å²) in [5.41, 5.74) is 0.976. The van der Waals surface area contributed by atoms with Crippen molar-refractivity contribution in [3.05, 3.63) is 41.9 Å². The average molecular weight is 273 g/mol. The first-order valence-corrected chi connectivity index (χ1v) is 6.92. The molecule has 1 saturated heterocycles. The zero-order valence-electron chi connectivity index (χ0n) is 11.9. The van der Waals surface area contributed by atoms with Crippen LogP contribution in [0.3, 0.4) is 0 Å². The molecule has 1 fully saturated rings. The smallest absolute Gasteiger partial charge is 0.208 e. The molecule has 0 radical (unpaired) electrons. The van der Waals surface area contributed by atoms with Crippen molar-refractivity contribution >= 4 is 0 Å². The molecule has 0 bridgehead atoms. The van der Waals surface area contributed by atoms with Gasteiger partial charge in [-0.25, -0.2) is 4.98 Å². The quantitative estimate of drug-likeness (QED) is 0.855. The van der Waals surface area contributed by atoms with Gasteiger partial charge >= 0.3 is 0 Å². The van der Waals surface area contributed by atoms with Crippen molar-refractivity contribution in [2.75, 3.05) is 13.1 Å². The van der Waals surface area contributed by atoms with E-state index in [1.54, 1.807) is 12.4 Å². The van der Waals surface area contributed by atoms with Crippen LogP contribution in [0.15, 0.2) is 28.9 Å². The van der Waals surface area contributed by atoms with E-state index in [2.05, 4.69) is 14.9 Å². The molecule has 20 heavy (non-hydrogen) atoms. The molecular formula is C15H19N3O2. The van der Waals surface area contributed by atoms with Crippen molar-refractivity contribution in [3.8, 4) is 5.75 Å². The van der Waals surface area contributed by atoms with Crippen LogP contribution >= 0.6 is 0 Å². The Bertz CT molecular complexity index is 548. The first-order valence-electron chi connectivity index (χ1n) is 6.92. The van der Waals surface area contributed by atoms with Crippen LogP contribution in [0.25, 0.3) is 0 Å². The molecule has 0 N–H and O–H groups in total. The van der Waals surface area contributed by atoms with Gasteiger partial charge < -0.3 is 9.15 Å². The predicted molar refractivity (Wildman–Crippen MR) is 74.5 cm³/mol. The highest BCUT2D eigenvalue weighted by Crippen LogP contribution is 2.19. The van der Waals surface area contributed by atoms with Crippen LogP contribution in [-0.4, -0.2) is 34.1 Å². The molecule has 0 spiro atoms. The fourth-order valence-electron chi connectivity index (χ4n) is 2.44. The molecule has 5 heteroatoms. The van der Waals surface area contributed by atoms with E-state index in [4.69, 9.17) is 9.15 Å². The van der Waals surface area contributed by atoms with E-state index in [0.29, 0.717) is 0 Å². The Hall–Kier alpha value is -1.88. The molecule has 0 aromatic carbocycles. The van der Waals surface area contributed by atoms with Gasteiger partial charge in [0.25, 0.3) is 0 Å². The monoisotopic (exact) mass is 273 g/mol. The van der Waals surface area contributed by atoms with E-state index >= 15 is 0 Å². The van der Waals surface area contributed by atoms with Crippen molar-refractivity contribution < 1.29 is 9.15 Å². The topological polar surface area (TPSA) is 51.4 Å². The number of likely N-dealkylation sites (tertiary alicyclic amines) is 1. The Morgan fingerprint density at radius 3 is 2.85 bits per heavy atom. The van der Waals surface area contributed by atoms with Gasteiger partial charge in [-0.05, 0) is 32.4 Å². The van der Waals surface area contributed by atoms with Crippen LogP contribution in [0.5, 0.6) is 5.75 Å². The normalized spacial score (nSPS) is 19.4. The third-order valence-corrected chi connectivity index (χ3v) is 3.61. The summed E-state index contributed by atoms with van der Waals surface area (Å²) in [6, 6.07) is 3.78. The molecule has 3 heterocycles. The largest absolute Gasteiger partial charge is 0.489 e. The highest BCUT2D eigenvalue weighted by atomic mass is 16.5. The van der Waals surface area contributed by atoms with Gasteiger partial charge in [0.05, 0.1) is 12.2 Å². The Morgan fingerprint density at radius 1 is 1.35 bits per heavy atom. The Morgan fingerprint density at radius 2 is 2.15 bits per heavy atom. The maximum atomic E-state index is 5.94. The summed E-state index contributed by atoms with van der Waals surface area (Å²) in [5, 5.41) is 0. The van der Waals surface area contributed by atoms with Gasteiger partial charge in [-0.15, -0.1) is 0 Å². The molecule has 1 unspecified atom stereocenters. The number of ether oxygens (including phenoxy) is 1. The molecule has 0 amide bonds. The average Bonchev–Trinajstić information content (AvgIpc) is 2.99. The van der Waals surface area contributed by atoms with E-state index < -0.39 is 0 Å². The molecule has 5 nitrogen and oxygen atoms in total. The second-order valence-corrected chi connectivity index (χ2v) is 5.20. The molecule has 2 aromatic rings. The minimum Gasteiger partial charge on any atom is -0.489 e. The van der Waals surface area contributed by atoms with Crippen molar-refractivity contribution in [3.63, 3.8) is 0 Å². The van der Waals surface area contributed by atoms with Crippen LogP contribution in [0.4, 0.5) is 0 Å². The van der Waals surface area contributed by atoms with Crippen LogP contribution in [0.1, 0.15) is 23.8 Å². The summed E-state index contributed by atoms with van der Waals surface area (Å²) in [6.07, 6.45) is 4.76. The number of hydrogen-bond acceptors (Lipinski definition) is 5. The maximum absolute atomic E-state index is 5.94. The standard InChI is InChI=1S/C15H19N3O2/c1-11-12(2)19-15(17-11)10-18-8-5-14(9-18)20-13-3-6-16-7-4-13/h3-4,6-7,14H,5,8-10H2,1-2H3. The minimum absolute atomic E-state index is 0.231. The van der Waals surface area contributed by atoms with Crippen molar-refractivity contribution in [1.82, 2.24) is 14.9 Å². The molecule has 1 aliphatic heterocycles. The highest BCUT2D eigenvalue weighted by molar-refractivity contribution is 5.17. The summed E-state index contributed by atoms with van der Waals surface area (Å²) < 4.78 is 11.6.